The maximum Gasteiger partial charge on any atom is 0.257 e. The Bertz CT molecular complexity index is 664. The number of carbonyl (C=O) groups excluding carboxylic acids is 1. The van der Waals surface area contributed by atoms with E-state index in [1.165, 1.54) is 0 Å². The first-order valence-electron chi connectivity index (χ1n) is 7.17. The summed E-state index contributed by atoms with van der Waals surface area (Å²) in [5.74, 6) is 0.750. The first-order valence-corrected chi connectivity index (χ1v) is 7.17. The molecule has 1 amide bonds. The number of ether oxygens (including phenoxy) is 1. The van der Waals surface area contributed by atoms with Crippen LogP contribution in [0.25, 0.3) is 6.08 Å². The summed E-state index contributed by atoms with van der Waals surface area (Å²) in [6, 6.07) is 11.2. The third-order valence-corrected chi connectivity index (χ3v) is 3.58. The Kier molecular flexibility index (Phi) is 4.25. The Labute approximate surface area is 129 Å². The number of methoxy groups -OCH3 is 1. The lowest BCUT2D eigenvalue weighted by atomic mass is 10.1. The zero-order valence-corrected chi connectivity index (χ0v) is 12.4. The monoisotopic (exact) mass is 298 g/mol. The maximum absolute atomic E-state index is 12.7. The van der Waals surface area contributed by atoms with Gasteiger partial charge in [0, 0.05) is 19.3 Å². The van der Waals surface area contributed by atoms with Gasteiger partial charge in [-0.25, -0.2) is 0 Å². The van der Waals surface area contributed by atoms with E-state index in [1.807, 2.05) is 48.6 Å². The highest BCUT2D eigenvalue weighted by molar-refractivity contribution is 6.01. The average molecular weight is 298 g/mol. The number of anilines is 1. The molecule has 1 aliphatic heterocycles. The molecule has 1 atom stereocenters. The maximum atomic E-state index is 12.7. The molecule has 1 N–H and O–H groups in total. The molecular formula is C17H18N2O3. The van der Waals surface area contributed by atoms with E-state index in [0.29, 0.717) is 18.7 Å². The van der Waals surface area contributed by atoms with Gasteiger partial charge in [-0.15, -0.1) is 0 Å². The summed E-state index contributed by atoms with van der Waals surface area (Å²) in [6.45, 7) is 1.00. The van der Waals surface area contributed by atoms with E-state index >= 15 is 0 Å². The summed E-state index contributed by atoms with van der Waals surface area (Å²) in [7, 11) is 1.63. The van der Waals surface area contributed by atoms with Crippen LogP contribution >= 0.6 is 0 Å². The van der Waals surface area contributed by atoms with E-state index in [4.69, 9.17) is 9.15 Å². The normalized spacial score (nSPS) is 17.6. The topological polar surface area (TPSA) is 54.7 Å². The summed E-state index contributed by atoms with van der Waals surface area (Å²) in [5, 5.41) is 3.37. The van der Waals surface area contributed by atoms with Crippen LogP contribution in [0, 0.1) is 0 Å². The summed E-state index contributed by atoms with van der Waals surface area (Å²) >= 11 is 0. The van der Waals surface area contributed by atoms with E-state index in [1.54, 1.807) is 18.3 Å². The first kappa shape index (κ1) is 14.4. The number of rotatable bonds is 5. The smallest absolute Gasteiger partial charge is 0.257 e. The van der Waals surface area contributed by atoms with Crippen molar-refractivity contribution in [2.24, 2.45) is 0 Å². The van der Waals surface area contributed by atoms with Crippen LogP contribution in [0.15, 0.2) is 53.2 Å². The van der Waals surface area contributed by atoms with Crippen LogP contribution in [0.1, 0.15) is 16.1 Å². The predicted octanol–water partition coefficient (Wildman–Crippen LogP) is 2.83. The van der Waals surface area contributed by atoms with Crippen molar-refractivity contribution in [3.8, 4) is 0 Å². The summed E-state index contributed by atoms with van der Waals surface area (Å²) in [6.07, 6.45) is 5.17. The molecular weight excluding hydrogens is 280 g/mol. The van der Waals surface area contributed by atoms with Crippen molar-refractivity contribution in [3.05, 3.63) is 60.1 Å². The highest BCUT2D eigenvalue weighted by Gasteiger charge is 2.29. The molecule has 2 aromatic rings. The summed E-state index contributed by atoms with van der Waals surface area (Å²) in [5.41, 5.74) is 1.52. The number of hydrogen-bond acceptors (Lipinski definition) is 4. The molecule has 0 aliphatic carbocycles. The molecule has 1 aromatic carbocycles. The second-order valence-electron chi connectivity index (χ2n) is 5.00. The number of nitrogens with zero attached hydrogens (tertiary/aromatic N) is 1. The van der Waals surface area contributed by atoms with Crippen molar-refractivity contribution in [2.75, 3.05) is 25.6 Å². The number of amides is 1. The molecule has 5 nitrogen and oxygen atoms in total. The fourth-order valence-corrected chi connectivity index (χ4v) is 2.47. The van der Waals surface area contributed by atoms with Gasteiger partial charge in [-0.1, -0.05) is 12.1 Å². The highest BCUT2D eigenvalue weighted by atomic mass is 16.5. The molecule has 2 heterocycles. The molecule has 5 heteroatoms. The zero-order valence-electron chi connectivity index (χ0n) is 12.4. The van der Waals surface area contributed by atoms with Gasteiger partial charge in [0.05, 0.1) is 18.4 Å². The van der Waals surface area contributed by atoms with E-state index in [-0.39, 0.29) is 12.1 Å². The number of furan rings is 1. The van der Waals surface area contributed by atoms with Gasteiger partial charge >= 0.3 is 0 Å². The predicted molar refractivity (Wildman–Crippen MR) is 84.5 cm³/mol. The average Bonchev–Trinajstić information content (AvgIpc) is 3.06. The fourth-order valence-electron chi connectivity index (χ4n) is 2.47. The zero-order chi connectivity index (χ0) is 15.4. The highest BCUT2D eigenvalue weighted by Crippen LogP contribution is 2.25. The number of fused-ring (bicyclic) bond motifs is 1. The molecule has 22 heavy (non-hydrogen) atoms. The number of hydrogen-bond donors (Lipinski definition) is 1. The van der Waals surface area contributed by atoms with Gasteiger partial charge in [0.1, 0.15) is 11.9 Å². The molecule has 0 fully saturated rings. The van der Waals surface area contributed by atoms with Gasteiger partial charge in [-0.05, 0) is 36.4 Å². The van der Waals surface area contributed by atoms with Crippen LogP contribution in [-0.2, 0) is 4.74 Å². The van der Waals surface area contributed by atoms with Gasteiger partial charge in [0.2, 0.25) is 0 Å². The van der Waals surface area contributed by atoms with Crippen LogP contribution in [0.3, 0.4) is 0 Å². The van der Waals surface area contributed by atoms with Crippen LogP contribution in [0.4, 0.5) is 5.69 Å². The molecule has 0 bridgehead atoms. The quantitative estimate of drug-likeness (QED) is 0.922. The summed E-state index contributed by atoms with van der Waals surface area (Å²) in [4.78, 5) is 14.4. The lowest BCUT2D eigenvalue weighted by Crippen LogP contribution is -2.49. The Morgan fingerprint density at radius 1 is 1.32 bits per heavy atom. The van der Waals surface area contributed by atoms with E-state index in [2.05, 4.69) is 5.32 Å². The van der Waals surface area contributed by atoms with Crippen molar-refractivity contribution >= 4 is 17.7 Å². The first-order chi connectivity index (χ1) is 10.8. The molecule has 0 unspecified atom stereocenters. The number of benzene rings is 1. The van der Waals surface area contributed by atoms with E-state index in [0.717, 1.165) is 11.4 Å². The molecule has 1 aliphatic rings. The molecule has 0 spiro atoms. The minimum Gasteiger partial charge on any atom is -0.465 e. The van der Waals surface area contributed by atoms with Crippen molar-refractivity contribution in [2.45, 2.75) is 6.17 Å². The van der Waals surface area contributed by atoms with Crippen LogP contribution in [0.5, 0.6) is 0 Å². The number of nitrogens with one attached hydrogen (secondary N) is 1. The third-order valence-electron chi connectivity index (χ3n) is 3.58. The fraction of sp³-hybridized carbons (Fsp3) is 0.235. The van der Waals surface area contributed by atoms with Crippen LogP contribution < -0.4 is 5.32 Å². The van der Waals surface area contributed by atoms with Gasteiger partial charge in [0.25, 0.3) is 5.91 Å². The van der Waals surface area contributed by atoms with Crippen molar-refractivity contribution in [1.82, 2.24) is 4.90 Å². The van der Waals surface area contributed by atoms with Gasteiger partial charge in [-0.2, -0.15) is 0 Å². The van der Waals surface area contributed by atoms with Gasteiger partial charge in [0.15, 0.2) is 0 Å². The Morgan fingerprint density at radius 3 is 2.95 bits per heavy atom. The molecule has 1 aromatic heterocycles. The lowest BCUT2D eigenvalue weighted by molar-refractivity contribution is 0.0650. The van der Waals surface area contributed by atoms with Crippen molar-refractivity contribution in [3.63, 3.8) is 0 Å². The van der Waals surface area contributed by atoms with Crippen LogP contribution in [0.2, 0.25) is 0 Å². The summed E-state index contributed by atoms with van der Waals surface area (Å²) < 4.78 is 10.4. The Balaban J connectivity index is 1.87. The second kappa shape index (κ2) is 6.49. The molecule has 0 saturated carbocycles. The Hall–Kier alpha value is -2.53. The third kappa shape index (κ3) is 2.89. The van der Waals surface area contributed by atoms with E-state index in [9.17, 15) is 4.79 Å². The Morgan fingerprint density at radius 2 is 2.18 bits per heavy atom. The molecule has 0 radical (unpaired) electrons. The van der Waals surface area contributed by atoms with Crippen molar-refractivity contribution in [1.29, 1.82) is 0 Å². The minimum absolute atomic E-state index is 0.000458. The minimum atomic E-state index is -0.234. The lowest BCUT2D eigenvalue weighted by Gasteiger charge is -2.36. The standard InChI is InChI=1S/C17H18N2O3/c1-21-12-10-19-16(9-8-13-5-4-11-22-13)18-15-7-3-2-6-14(15)17(19)20/h2-9,11,16,18H,10,12H2,1H3/b9-8-/t16-/m1/s1. The SMILES string of the molecule is COCCN1C(=O)c2ccccc2N[C@H]1/C=C\c1ccco1. The second-order valence-corrected chi connectivity index (χ2v) is 5.00. The molecule has 3 rings (SSSR count). The van der Waals surface area contributed by atoms with Crippen molar-refractivity contribution < 1.29 is 13.9 Å². The van der Waals surface area contributed by atoms with E-state index < -0.39 is 0 Å². The van der Waals surface area contributed by atoms with Crippen LogP contribution in [-0.4, -0.2) is 37.2 Å². The van der Waals surface area contributed by atoms with Gasteiger partial charge < -0.3 is 19.4 Å². The van der Waals surface area contributed by atoms with Gasteiger partial charge in [-0.3, -0.25) is 4.79 Å². The molecule has 114 valence electrons. The number of carbonyl (C=O) groups is 1. The number of para-hydroxylation sites is 1. The largest absolute Gasteiger partial charge is 0.465 e. The molecule has 0 saturated heterocycles.